The van der Waals surface area contributed by atoms with Gasteiger partial charge in [-0.15, -0.1) is 0 Å². The molecule has 2 aromatic rings. The second kappa shape index (κ2) is 10.1. The summed E-state index contributed by atoms with van der Waals surface area (Å²) in [5.41, 5.74) is 3.69. The first-order chi connectivity index (χ1) is 12.9. The van der Waals surface area contributed by atoms with Gasteiger partial charge in [-0.05, 0) is 44.1 Å². The number of amides is 1. The van der Waals surface area contributed by atoms with Crippen molar-refractivity contribution in [3.8, 4) is 0 Å². The largest absolute Gasteiger partial charge is 0.481 e. The monoisotopic (exact) mass is 387 g/mol. The lowest BCUT2D eigenvalue weighted by molar-refractivity contribution is -0.137. The molecule has 1 unspecified atom stereocenters. The van der Waals surface area contributed by atoms with E-state index < -0.39 is 5.97 Å². The van der Waals surface area contributed by atoms with E-state index in [0.29, 0.717) is 19.3 Å². The van der Waals surface area contributed by atoms with Crippen molar-refractivity contribution in [2.24, 2.45) is 0 Å². The van der Waals surface area contributed by atoms with Gasteiger partial charge in [0.05, 0.1) is 6.04 Å². The second-order valence-electron chi connectivity index (χ2n) is 6.32. The molecule has 1 aromatic heterocycles. The maximum absolute atomic E-state index is 12.5. The second-order valence-corrected chi connectivity index (χ2v) is 7.10. The van der Waals surface area contributed by atoms with Gasteiger partial charge in [0.25, 0.3) is 0 Å². The van der Waals surface area contributed by atoms with Crippen LogP contribution in [0.4, 0.5) is 0 Å². The standard InChI is InChI=1S/C20H25N3O3S/c1-13-16(14(2)22-20(21-13)27-3)9-11-18(24)23-17(10-12-19(25)26)15-7-5-4-6-8-15/h4-8,17H,9-12H2,1-3H3,(H,23,24)(H,25,26). The molecule has 1 aromatic carbocycles. The van der Waals surface area contributed by atoms with Crippen molar-refractivity contribution >= 4 is 23.6 Å². The molecule has 1 amide bonds. The number of carbonyl (C=O) groups is 2. The van der Waals surface area contributed by atoms with Gasteiger partial charge >= 0.3 is 5.97 Å². The Balaban J connectivity index is 2.02. The van der Waals surface area contributed by atoms with E-state index in [9.17, 15) is 9.59 Å². The van der Waals surface area contributed by atoms with Crippen molar-refractivity contribution in [1.82, 2.24) is 15.3 Å². The molecule has 0 saturated carbocycles. The SMILES string of the molecule is CSc1nc(C)c(CCC(=O)NC(CCC(=O)O)c2ccccc2)c(C)n1. The van der Waals surface area contributed by atoms with Gasteiger partial charge in [-0.2, -0.15) is 0 Å². The molecule has 0 aliphatic rings. The number of benzene rings is 1. The minimum atomic E-state index is -0.873. The number of carboxylic acid groups (broad SMARTS) is 1. The predicted octanol–water partition coefficient (Wildman–Crippen LogP) is 3.47. The van der Waals surface area contributed by atoms with Crippen molar-refractivity contribution in [3.05, 3.63) is 52.8 Å². The fraction of sp³-hybridized carbons (Fsp3) is 0.400. The van der Waals surface area contributed by atoms with Gasteiger partial charge < -0.3 is 10.4 Å². The molecule has 144 valence electrons. The van der Waals surface area contributed by atoms with Crippen LogP contribution in [0.3, 0.4) is 0 Å². The van der Waals surface area contributed by atoms with Crippen LogP contribution in [0, 0.1) is 13.8 Å². The number of rotatable bonds is 9. The number of aliphatic carboxylic acids is 1. The van der Waals surface area contributed by atoms with E-state index in [1.165, 1.54) is 11.8 Å². The van der Waals surface area contributed by atoms with Crippen LogP contribution in [0.25, 0.3) is 0 Å². The van der Waals surface area contributed by atoms with E-state index >= 15 is 0 Å². The van der Waals surface area contributed by atoms with E-state index in [-0.39, 0.29) is 18.4 Å². The molecule has 0 spiro atoms. The van der Waals surface area contributed by atoms with E-state index in [4.69, 9.17) is 5.11 Å². The number of carboxylic acids is 1. The van der Waals surface area contributed by atoms with Crippen LogP contribution in [-0.4, -0.2) is 33.2 Å². The highest BCUT2D eigenvalue weighted by molar-refractivity contribution is 7.98. The van der Waals surface area contributed by atoms with Gasteiger partial charge in [-0.3, -0.25) is 9.59 Å². The number of aromatic nitrogens is 2. The molecule has 0 radical (unpaired) electrons. The smallest absolute Gasteiger partial charge is 0.303 e. The molecule has 0 aliphatic carbocycles. The van der Waals surface area contributed by atoms with Crippen molar-refractivity contribution in [2.75, 3.05) is 6.26 Å². The first-order valence-electron chi connectivity index (χ1n) is 8.85. The fourth-order valence-corrected chi connectivity index (χ4v) is 3.40. The summed E-state index contributed by atoms with van der Waals surface area (Å²) in [5.74, 6) is -0.982. The molecule has 1 atom stereocenters. The Kier molecular flexibility index (Phi) is 7.79. The molecular weight excluding hydrogens is 362 g/mol. The van der Waals surface area contributed by atoms with Gasteiger partial charge in [0.15, 0.2) is 5.16 Å². The number of thioether (sulfide) groups is 1. The number of hydrogen-bond acceptors (Lipinski definition) is 5. The summed E-state index contributed by atoms with van der Waals surface area (Å²) in [7, 11) is 0. The maximum Gasteiger partial charge on any atom is 0.303 e. The average molecular weight is 388 g/mol. The van der Waals surface area contributed by atoms with Crippen molar-refractivity contribution in [1.29, 1.82) is 0 Å². The van der Waals surface area contributed by atoms with E-state index in [0.717, 1.165) is 27.7 Å². The Labute approximate surface area is 163 Å². The van der Waals surface area contributed by atoms with Crippen molar-refractivity contribution in [3.63, 3.8) is 0 Å². The third-order valence-corrected chi connectivity index (χ3v) is 4.92. The number of nitrogens with one attached hydrogen (secondary N) is 1. The van der Waals surface area contributed by atoms with Crippen LogP contribution in [0.2, 0.25) is 0 Å². The zero-order chi connectivity index (χ0) is 19.8. The molecule has 0 bridgehead atoms. The lowest BCUT2D eigenvalue weighted by Crippen LogP contribution is -2.29. The summed E-state index contributed by atoms with van der Waals surface area (Å²) in [6.07, 6.45) is 3.15. The molecule has 2 N–H and O–H groups in total. The quantitative estimate of drug-likeness (QED) is 0.506. The summed E-state index contributed by atoms with van der Waals surface area (Å²) >= 11 is 1.49. The van der Waals surface area contributed by atoms with Crippen LogP contribution in [0.15, 0.2) is 35.5 Å². The van der Waals surface area contributed by atoms with E-state index in [2.05, 4.69) is 15.3 Å². The highest BCUT2D eigenvalue weighted by Crippen LogP contribution is 2.20. The number of aryl methyl sites for hydroxylation is 2. The molecular formula is C20H25N3O3S. The first kappa shape index (κ1) is 20.9. The molecule has 6 nitrogen and oxygen atoms in total. The van der Waals surface area contributed by atoms with Crippen LogP contribution in [-0.2, 0) is 16.0 Å². The number of nitrogens with zero attached hydrogens (tertiary/aromatic N) is 2. The Morgan fingerprint density at radius 1 is 1.11 bits per heavy atom. The summed E-state index contributed by atoms with van der Waals surface area (Å²) < 4.78 is 0. The zero-order valence-electron chi connectivity index (χ0n) is 15.9. The lowest BCUT2D eigenvalue weighted by atomic mass is 10.0. The fourth-order valence-electron chi connectivity index (χ4n) is 2.94. The molecule has 1 heterocycles. The molecule has 27 heavy (non-hydrogen) atoms. The number of carbonyl (C=O) groups excluding carboxylic acids is 1. The van der Waals surface area contributed by atoms with Crippen LogP contribution >= 0.6 is 11.8 Å². The highest BCUT2D eigenvalue weighted by Gasteiger charge is 2.17. The normalized spacial score (nSPS) is 11.8. The first-order valence-corrected chi connectivity index (χ1v) is 10.1. The third kappa shape index (κ3) is 6.36. The molecule has 0 aliphatic heterocycles. The Bertz CT molecular complexity index is 773. The minimum absolute atomic E-state index is 0.00203. The molecule has 0 fully saturated rings. The maximum atomic E-state index is 12.5. The summed E-state index contributed by atoms with van der Waals surface area (Å²) in [5, 5.41) is 12.7. The summed E-state index contributed by atoms with van der Waals surface area (Å²) in [6, 6.07) is 9.14. The lowest BCUT2D eigenvalue weighted by Gasteiger charge is -2.19. The van der Waals surface area contributed by atoms with E-state index in [1.54, 1.807) is 0 Å². The topological polar surface area (TPSA) is 92.2 Å². The molecule has 2 rings (SSSR count). The van der Waals surface area contributed by atoms with Crippen LogP contribution in [0.1, 0.15) is 47.8 Å². The van der Waals surface area contributed by atoms with Gasteiger partial charge in [0.2, 0.25) is 5.91 Å². The highest BCUT2D eigenvalue weighted by atomic mass is 32.2. The van der Waals surface area contributed by atoms with Crippen molar-refractivity contribution in [2.45, 2.75) is 50.7 Å². The van der Waals surface area contributed by atoms with Gasteiger partial charge in [-0.25, -0.2) is 9.97 Å². The molecule has 0 saturated heterocycles. The van der Waals surface area contributed by atoms with Gasteiger partial charge in [0.1, 0.15) is 0 Å². The Hall–Kier alpha value is -2.41. The zero-order valence-corrected chi connectivity index (χ0v) is 16.7. The summed E-state index contributed by atoms with van der Waals surface area (Å²) in [6.45, 7) is 3.86. The van der Waals surface area contributed by atoms with Crippen LogP contribution < -0.4 is 5.32 Å². The summed E-state index contributed by atoms with van der Waals surface area (Å²) in [4.78, 5) is 32.3. The third-order valence-electron chi connectivity index (χ3n) is 4.37. The van der Waals surface area contributed by atoms with Gasteiger partial charge in [0, 0.05) is 24.2 Å². The van der Waals surface area contributed by atoms with Crippen molar-refractivity contribution < 1.29 is 14.7 Å². The molecule has 7 heteroatoms. The Morgan fingerprint density at radius 3 is 2.30 bits per heavy atom. The average Bonchev–Trinajstić information content (AvgIpc) is 2.64. The minimum Gasteiger partial charge on any atom is -0.481 e. The van der Waals surface area contributed by atoms with Crippen LogP contribution in [0.5, 0.6) is 0 Å². The van der Waals surface area contributed by atoms with E-state index in [1.807, 2.05) is 50.4 Å². The number of hydrogen-bond donors (Lipinski definition) is 2. The van der Waals surface area contributed by atoms with Gasteiger partial charge in [-0.1, -0.05) is 42.1 Å². The predicted molar refractivity (Wildman–Crippen MR) is 106 cm³/mol. The Morgan fingerprint density at radius 2 is 1.74 bits per heavy atom.